The highest BCUT2D eigenvalue weighted by Crippen LogP contribution is 2.27. The highest BCUT2D eigenvalue weighted by atomic mass is 32.2. The van der Waals surface area contributed by atoms with Gasteiger partial charge in [-0.3, -0.25) is 0 Å². The van der Waals surface area contributed by atoms with Crippen molar-refractivity contribution in [2.45, 2.75) is 36.6 Å². The molecule has 16 heavy (non-hydrogen) atoms. The third kappa shape index (κ3) is 2.78. The molecule has 2 N–H and O–H groups in total. The van der Waals surface area contributed by atoms with E-state index in [9.17, 15) is 0 Å². The number of benzene rings is 1. The summed E-state index contributed by atoms with van der Waals surface area (Å²) in [5.41, 5.74) is 8.57. The van der Waals surface area contributed by atoms with Crippen LogP contribution in [0.2, 0.25) is 0 Å². The minimum Gasteiger partial charge on any atom is -0.316 e. The summed E-state index contributed by atoms with van der Waals surface area (Å²) in [5, 5.41) is 8.57. The molecule has 1 atom stereocenters. The molecule has 84 valence electrons. The maximum atomic E-state index is 8.57. The van der Waals surface area contributed by atoms with Gasteiger partial charge in [0.05, 0.1) is 12.1 Å². The quantitative estimate of drug-likeness (QED) is 0.811. The first-order valence-corrected chi connectivity index (χ1v) is 6.68. The van der Waals surface area contributed by atoms with Gasteiger partial charge in [-0.1, -0.05) is 6.07 Å². The van der Waals surface area contributed by atoms with Crippen LogP contribution >= 0.6 is 11.8 Å². The number of fused-ring (bicyclic) bond motifs is 1. The highest BCUT2D eigenvalue weighted by Gasteiger charge is 2.10. The number of hydrogen-bond acceptors (Lipinski definition) is 3. The van der Waals surface area contributed by atoms with Crippen LogP contribution in [-0.2, 0) is 12.8 Å². The van der Waals surface area contributed by atoms with Crippen molar-refractivity contribution >= 4 is 11.8 Å². The fraction of sp³-hybridized carbons (Fsp3) is 0.462. The van der Waals surface area contributed by atoms with Crippen LogP contribution in [0.5, 0.6) is 0 Å². The maximum absolute atomic E-state index is 8.57. The van der Waals surface area contributed by atoms with Crippen LogP contribution in [0, 0.1) is 11.3 Å². The van der Waals surface area contributed by atoms with Crippen LogP contribution < -0.4 is 5.73 Å². The number of hydrogen-bond donors (Lipinski definition) is 1. The first kappa shape index (κ1) is 11.5. The van der Waals surface area contributed by atoms with Crippen molar-refractivity contribution in [3.63, 3.8) is 0 Å². The van der Waals surface area contributed by atoms with Crippen molar-refractivity contribution in [1.82, 2.24) is 0 Å². The molecule has 0 aromatic heterocycles. The molecule has 0 amide bonds. The Bertz CT molecular complexity index is 409. The van der Waals surface area contributed by atoms with Crippen LogP contribution in [0.4, 0.5) is 0 Å². The largest absolute Gasteiger partial charge is 0.316 e. The molecule has 1 aliphatic rings. The molecular weight excluding hydrogens is 216 g/mol. The van der Waals surface area contributed by atoms with Gasteiger partial charge >= 0.3 is 0 Å². The van der Waals surface area contributed by atoms with Gasteiger partial charge in [0, 0.05) is 10.6 Å². The summed E-state index contributed by atoms with van der Waals surface area (Å²) in [5.74, 6) is 0.924. The van der Waals surface area contributed by atoms with Crippen molar-refractivity contribution in [1.29, 1.82) is 5.26 Å². The van der Waals surface area contributed by atoms with E-state index in [-0.39, 0.29) is 6.04 Å². The minimum absolute atomic E-state index is 0.318. The number of nitriles is 1. The maximum Gasteiger partial charge on any atom is 0.0936 e. The van der Waals surface area contributed by atoms with Crippen LogP contribution in [-0.4, -0.2) is 11.8 Å². The Labute approximate surface area is 101 Å². The van der Waals surface area contributed by atoms with E-state index in [0.29, 0.717) is 0 Å². The molecular formula is C13H16N2S. The Kier molecular flexibility index (Phi) is 3.87. The summed E-state index contributed by atoms with van der Waals surface area (Å²) in [6, 6.07) is 8.47. The van der Waals surface area contributed by atoms with Gasteiger partial charge in [0.15, 0.2) is 0 Å². The molecule has 2 rings (SSSR count). The zero-order valence-electron chi connectivity index (χ0n) is 9.28. The first-order valence-electron chi connectivity index (χ1n) is 5.69. The third-order valence-corrected chi connectivity index (χ3v) is 3.96. The van der Waals surface area contributed by atoms with E-state index in [1.165, 1.54) is 35.3 Å². The van der Waals surface area contributed by atoms with Crippen LogP contribution in [0.3, 0.4) is 0 Å². The molecule has 1 unspecified atom stereocenters. The molecule has 0 saturated heterocycles. The van der Waals surface area contributed by atoms with Crippen LogP contribution in [0.15, 0.2) is 23.1 Å². The van der Waals surface area contributed by atoms with Gasteiger partial charge < -0.3 is 5.73 Å². The Morgan fingerprint density at radius 1 is 1.38 bits per heavy atom. The molecule has 0 saturated carbocycles. The summed E-state index contributed by atoms with van der Waals surface area (Å²) in [6.45, 7) is 0. The summed E-state index contributed by atoms with van der Waals surface area (Å²) >= 11 is 1.80. The lowest BCUT2D eigenvalue weighted by molar-refractivity contribution is 0.803. The predicted molar refractivity (Wildman–Crippen MR) is 67.4 cm³/mol. The lowest BCUT2D eigenvalue weighted by Crippen LogP contribution is -2.17. The number of nitrogens with two attached hydrogens (primary N) is 1. The number of thioether (sulfide) groups is 1. The summed E-state index contributed by atoms with van der Waals surface area (Å²) in [7, 11) is 0. The number of rotatable bonds is 4. The van der Waals surface area contributed by atoms with E-state index in [0.717, 1.165) is 12.2 Å². The Hall–Kier alpha value is -0.980. The number of nitrogens with zero attached hydrogens (tertiary/aromatic N) is 1. The minimum atomic E-state index is -0.318. The van der Waals surface area contributed by atoms with Crippen molar-refractivity contribution in [2.75, 3.05) is 5.75 Å². The molecule has 1 aromatic rings. The van der Waals surface area contributed by atoms with Crippen LogP contribution in [0.1, 0.15) is 24.0 Å². The summed E-state index contributed by atoms with van der Waals surface area (Å²) < 4.78 is 0. The average molecular weight is 232 g/mol. The first-order chi connectivity index (χ1) is 7.79. The topological polar surface area (TPSA) is 49.8 Å². The normalized spacial score (nSPS) is 15.5. The lowest BCUT2D eigenvalue weighted by Gasteiger charge is -2.05. The molecule has 0 fully saturated rings. The Morgan fingerprint density at radius 2 is 2.19 bits per heavy atom. The molecule has 0 radical (unpaired) electrons. The van der Waals surface area contributed by atoms with Gasteiger partial charge in [-0.25, -0.2) is 0 Å². The SMILES string of the molecule is N#CC(N)CCSc1ccc2c(c1)CCC2. The van der Waals surface area contributed by atoms with E-state index in [1.54, 1.807) is 11.8 Å². The Balaban J connectivity index is 1.89. The van der Waals surface area contributed by atoms with Gasteiger partial charge in [-0.05, 0) is 48.9 Å². The smallest absolute Gasteiger partial charge is 0.0936 e. The van der Waals surface area contributed by atoms with Crippen molar-refractivity contribution in [3.05, 3.63) is 29.3 Å². The highest BCUT2D eigenvalue weighted by molar-refractivity contribution is 7.99. The predicted octanol–water partition coefficient (Wildman–Crippen LogP) is 2.51. The van der Waals surface area contributed by atoms with Gasteiger partial charge in [-0.2, -0.15) is 5.26 Å². The molecule has 1 aromatic carbocycles. The van der Waals surface area contributed by atoms with Crippen molar-refractivity contribution < 1.29 is 0 Å². The molecule has 3 heteroatoms. The standard InChI is InChI=1S/C13H16N2S/c14-9-12(15)6-7-16-13-5-4-10-2-1-3-11(10)8-13/h4-5,8,12H,1-3,6-7,15H2. The summed E-state index contributed by atoms with van der Waals surface area (Å²) in [4.78, 5) is 1.31. The Morgan fingerprint density at radius 3 is 3.00 bits per heavy atom. The van der Waals surface area contributed by atoms with Crippen molar-refractivity contribution in [3.8, 4) is 6.07 Å². The molecule has 1 aliphatic carbocycles. The monoisotopic (exact) mass is 232 g/mol. The van der Waals surface area contributed by atoms with Gasteiger partial charge in [0.1, 0.15) is 0 Å². The second-order valence-electron chi connectivity index (χ2n) is 4.16. The fourth-order valence-electron chi connectivity index (χ4n) is 2.01. The molecule has 2 nitrogen and oxygen atoms in total. The lowest BCUT2D eigenvalue weighted by atomic mass is 10.1. The van der Waals surface area contributed by atoms with Gasteiger partial charge in [0.25, 0.3) is 0 Å². The fourth-order valence-corrected chi connectivity index (χ4v) is 3.00. The van der Waals surface area contributed by atoms with Gasteiger partial charge in [0.2, 0.25) is 0 Å². The van der Waals surface area contributed by atoms with E-state index in [2.05, 4.69) is 24.3 Å². The van der Waals surface area contributed by atoms with Crippen LogP contribution in [0.25, 0.3) is 0 Å². The van der Waals surface area contributed by atoms with E-state index in [1.807, 2.05) is 0 Å². The van der Waals surface area contributed by atoms with E-state index in [4.69, 9.17) is 11.0 Å². The summed E-state index contributed by atoms with van der Waals surface area (Å²) in [6.07, 6.45) is 4.52. The molecule has 0 aliphatic heterocycles. The third-order valence-electron chi connectivity index (χ3n) is 2.93. The number of aryl methyl sites for hydroxylation is 2. The second kappa shape index (κ2) is 5.38. The molecule has 0 spiro atoms. The van der Waals surface area contributed by atoms with E-state index < -0.39 is 0 Å². The zero-order chi connectivity index (χ0) is 11.4. The average Bonchev–Trinajstić information content (AvgIpc) is 2.76. The van der Waals surface area contributed by atoms with Gasteiger partial charge in [-0.15, -0.1) is 11.8 Å². The second-order valence-corrected chi connectivity index (χ2v) is 5.33. The zero-order valence-corrected chi connectivity index (χ0v) is 10.1. The molecule has 0 bridgehead atoms. The van der Waals surface area contributed by atoms with Crippen molar-refractivity contribution in [2.24, 2.45) is 5.73 Å². The molecule has 0 heterocycles. The van der Waals surface area contributed by atoms with E-state index >= 15 is 0 Å².